The molecule has 0 radical (unpaired) electrons. The highest BCUT2D eigenvalue weighted by molar-refractivity contribution is 6.30. The molecule has 0 saturated heterocycles. The van der Waals surface area contributed by atoms with Crippen molar-refractivity contribution in [2.45, 2.75) is 19.7 Å². The third-order valence-electron chi connectivity index (χ3n) is 3.55. The van der Waals surface area contributed by atoms with Gasteiger partial charge in [-0.25, -0.2) is 0 Å². The molecule has 0 unspecified atom stereocenters. The lowest BCUT2D eigenvalue weighted by Gasteiger charge is -2.12. The first-order chi connectivity index (χ1) is 11.3. The fourth-order valence-electron chi connectivity index (χ4n) is 2.46. The van der Waals surface area contributed by atoms with Crippen molar-refractivity contribution >= 4 is 22.6 Å². The number of aryl methyl sites for hydroxylation is 2. The Bertz CT molecular complexity index is 888. The van der Waals surface area contributed by atoms with Crippen LogP contribution < -0.4 is 4.74 Å². The zero-order chi connectivity index (χ0) is 17.5. The fraction of sp³-hybridized carbons (Fsp3) is 0.250. The van der Waals surface area contributed by atoms with E-state index in [1.807, 2.05) is 0 Å². The van der Waals surface area contributed by atoms with Crippen molar-refractivity contribution in [3.8, 4) is 5.88 Å². The second-order valence-corrected chi connectivity index (χ2v) is 5.77. The van der Waals surface area contributed by atoms with E-state index in [2.05, 4.69) is 10.1 Å². The van der Waals surface area contributed by atoms with E-state index in [1.165, 1.54) is 11.6 Å². The molecule has 1 aromatic carbocycles. The van der Waals surface area contributed by atoms with Gasteiger partial charge in [-0.3, -0.25) is 4.68 Å². The molecule has 0 fully saturated rings. The molecule has 8 heteroatoms. The minimum Gasteiger partial charge on any atom is -0.473 e. The van der Waals surface area contributed by atoms with Gasteiger partial charge in [0.2, 0.25) is 5.88 Å². The second kappa shape index (κ2) is 5.98. The van der Waals surface area contributed by atoms with E-state index in [4.69, 9.17) is 16.3 Å². The van der Waals surface area contributed by atoms with Gasteiger partial charge in [-0.15, -0.1) is 0 Å². The maximum atomic E-state index is 13.4. The smallest absolute Gasteiger partial charge is 0.417 e. The third kappa shape index (κ3) is 3.17. The Kier molecular flexibility index (Phi) is 4.13. The molecule has 24 heavy (non-hydrogen) atoms. The van der Waals surface area contributed by atoms with E-state index in [0.717, 1.165) is 11.6 Å². The number of aromatic nitrogens is 3. The standard InChI is InChI=1S/C16H13ClF3N3O/c1-9-14-12(16(18,19)20)7-13(21-15(14)23(2)22-9)24-8-10-3-5-11(17)6-4-10/h3-7H,8H2,1-2H3. The molecule has 0 spiro atoms. The van der Waals surface area contributed by atoms with Gasteiger partial charge in [-0.2, -0.15) is 23.3 Å². The van der Waals surface area contributed by atoms with Crippen molar-refractivity contribution in [2.75, 3.05) is 0 Å². The summed E-state index contributed by atoms with van der Waals surface area (Å²) in [6.07, 6.45) is -4.52. The van der Waals surface area contributed by atoms with Gasteiger partial charge in [0.15, 0.2) is 5.65 Å². The van der Waals surface area contributed by atoms with E-state index in [9.17, 15) is 13.2 Å². The number of hydrogen-bond acceptors (Lipinski definition) is 3. The van der Waals surface area contributed by atoms with E-state index in [1.54, 1.807) is 31.3 Å². The predicted molar refractivity (Wildman–Crippen MR) is 84.0 cm³/mol. The van der Waals surface area contributed by atoms with Crippen LogP contribution in [-0.4, -0.2) is 14.8 Å². The summed E-state index contributed by atoms with van der Waals surface area (Å²) in [6.45, 7) is 1.61. The monoisotopic (exact) mass is 355 g/mol. The normalized spacial score (nSPS) is 11.9. The van der Waals surface area contributed by atoms with Crippen LogP contribution in [0, 0.1) is 6.92 Å². The Morgan fingerprint density at radius 1 is 1.21 bits per heavy atom. The number of pyridine rings is 1. The minimum absolute atomic E-state index is 0.0103. The van der Waals surface area contributed by atoms with Crippen molar-refractivity contribution in [1.82, 2.24) is 14.8 Å². The Hall–Kier alpha value is -2.28. The van der Waals surface area contributed by atoms with Gasteiger partial charge < -0.3 is 4.74 Å². The zero-order valence-corrected chi connectivity index (χ0v) is 13.6. The van der Waals surface area contributed by atoms with Crippen LogP contribution in [0.2, 0.25) is 5.02 Å². The Morgan fingerprint density at radius 2 is 1.88 bits per heavy atom. The van der Waals surface area contributed by atoms with Crippen LogP contribution in [0.15, 0.2) is 30.3 Å². The van der Waals surface area contributed by atoms with Gasteiger partial charge in [-0.05, 0) is 24.6 Å². The van der Waals surface area contributed by atoms with Crippen LogP contribution in [0.5, 0.6) is 5.88 Å². The van der Waals surface area contributed by atoms with E-state index in [0.29, 0.717) is 5.02 Å². The first-order valence-electron chi connectivity index (χ1n) is 7.04. The largest absolute Gasteiger partial charge is 0.473 e. The Labute approximate surface area is 140 Å². The Balaban J connectivity index is 1.99. The maximum Gasteiger partial charge on any atom is 0.417 e. The lowest BCUT2D eigenvalue weighted by molar-refractivity contribution is -0.136. The van der Waals surface area contributed by atoms with Crippen LogP contribution in [0.1, 0.15) is 16.8 Å². The van der Waals surface area contributed by atoms with Crippen LogP contribution in [0.3, 0.4) is 0 Å². The minimum atomic E-state index is -4.52. The maximum absolute atomic E-state index is 13.4. The van der Waals surface area contributed by atoms with E-state index < -0.39 is 11.7 Å². The summed E-state index contributed by atoms with van der Waals surface area (Å²) in [5, 5.41) is 4.58. The van der Waals surface area contributed by atoms with E-state index >= 15 is 0 Å². The summed E-state index contributed by atoms with van der Waals surface area (Å²) < 4.78 is 46.8. The molecule has 126 valence electrons. The number of alkyl halides is 3. The summed E-state index contributed by atoms with van der Waals surface area (Å²) in [6, 6.07) is 7.75. The number of halogens is 4. The molecule has 3 rings (SSSR count). The molecule has 0 saturated carbocycles. The lowest BCUT2D eigenvalue weighted by atomic mass is 10.1. The van der Waals surface area contributed by atoms with Crippen molar-refractivity contribution in [2.24, 2.45) is 7.05 Å². The van der Waals surface area contributed by atoms with Crippen LogP contribution in [0.4, 0.5) is 13.2 Å². The van der Waals surface area contributed by atoms with Gasteiger partial charge in [0.25, 0.3) is 0 Å². The quantitative estimate of drug-likeness (QED) is 0.693. The van der Waals surface area contributed by atoms with Crippen LogP contribution in [-0.2, 0) is 19.8 Å². The fourth-order valence-corrected chi connectivity index (χ4v) is 2.58. The lowest BCUT2D eigenvalue weighted by Crippen LogP contribution is -2.08. The number of hydrogen-bond donors (Lipinski definition) is 0. The molecule has 0 amide bonds. The number of rotatable bonds is 3. The highest BCUT2D eigenvalue weighted by atomic mass is 35.5. The van der Waals surface area contributed by atoms with Crippen LogP contribution >= 0.6 is 11.6 Å². The molecule has 0 N–H and O–H groups in total. The average Bonchev–Trinajstić information content (AvgIpc) is 2.80. The van der Waals surface area contributed by atoms with Gasteiger partial charge in [0.05, 0.1) is 16.6 Å². The van der Waals surface area contributed by atoms with Gasteiger partial charge in [0.1, 0.15) is 6.61 Å². The molecule has 3 aromatic rings. The summed E-state index contributed by atoms with van der Waals surface area (Å²) in [5.41, 5.74) is 0.380. The van der Waals surface area contributed by atoms with Crippen molar-refractivity contribution < 1.29 is 17.9 Å². The predicted octanol–water partition coefficient (Wildman–Crippen LogP) is 4.53. The first-order valence-corrected chi connectivity index (χ1v) is 7.42. The number of nitrogens with zero attached hydrogens (tertiary/aromatic N) is 3. The summed E-state index contributed by atoms with van der Waals surface area (Å²) in [5.74, 6) is -0.104. The molecule has 2 aromatic heterocycles. The average molecular weight is 356 g/mol. The third-order valence-corrected chi connectivity index (χ3v) is 3.80. The number of ether oxygens (including phenoxy) is 1. The second-order valence-electron chi connectivity index (χ2n) is 5.33. The molecule has 0 bridgehead atoms. The first kappa shape index (κ1) is 16.6. The highest BCUT2D eigenvalue weighted by Crippen LogP contribution is 2.37. The SMILES string of the molecule is Cc1nn(C)c2nc(OCc3ccc(Cl)cc3)cc(C(F)(F)F)c12. The zero-order valence-electron chi connectivity index (χ0n) is 12.9. The van der Waals surface area contributed by atoms with Crippen molar-refractivity contribution in [3.05, 3.63) is 52.2 Å². The van der Waals surface area contributed by atoms with Crippen LogP contribution in [0.25, 0.3) is 11.0 Å². The molecule has 0 aliphatic heterocycles. The van der Waals surface area contributed by atoms with E-state index in [-0.39, 0.29) is 29.2 Å². The summed E-state index contributed by atoms with van der Waals surface area (Å²) >= 11 is 5.80. The van der Waals surface area contributed by atoms with Gasteiger partial charge in [-0.1, -0.05) is 23.7 Å². The molecule has 0 aliphatic carbocycles. The topological polar surface area (TPSA) is 39.9 Å². The molecule has 2 heterocycles. The molecule has 4 nitrogen and oxygen atoms in total. The van der Waals surface area contributed by atoms with Gasteiger partial charge in [0, 0.05) is 18.1 Å². The van der Waals surface area contributed by atoms with Gasteiger partial charge >= 0.3 is 6.18 Å². The summed E-state index contributed by atoms with van der Waals surface area (Å²) in [7, 11) is 1.55. The Morgan fingerprint density at radius 3 is 2.50 bits per heavy atom. The molecular formula is C16H13ClF3N3O. The van der Waals surface area contributed by atoms with Crippen molar-refractivity contribution in [3.63, 3.8) is 0 Å². The molecule has 0 atom stereocenters. The number of fused-ring (bicyclic) bond motifs is 1. The molecular weight excluding hydrogens is 343 g/mol. The highest BCUT2D eigenvalue weighted by Gasteiger charge is 2.35. The van der Waals surface area contributed by atoms with Crippen molar-refractivity contribution in [1.29, 1.82) is 0 Å². The molecule has 0 aliphatic rings. The number of benzene rings is 1. The summed E-state index contributed by atoms with van der Waals surface area (Å²) in [4.78, 5) is 4.15.